The fraction of sp³-hybridized carbons (Fsp3) is 1.00. The lowest BCUT2D eigenvalue weighted by atomic mass is 10.0. The highest BCUT2D eigenvalue weighted by molar-refractivity contribution is 4.75. The maximum Gasteiger partial charge on any atom is 0.00884 e. The molecular formula is C16H34N2. The second-order valence-corrected chi connectivity index (χ2v) is 5.88. The molecule has 0 unspecified atom stereocenters. The monoisotopic (exact) mass is 254 g/mol. The highest BCUT2D eigenvalue weighted by Crippen LogP contribution is 2.12. The molecule has 1 rings (SSSR count). The molecule has 0 bridgehead atoms. The zero-order valence-electron chi connectivity index (χ0n) is 12.7. The predicted octanol–water partition coefficient (Wildman–Crippen LogP) is 3.81. The molecule has 2 nitrogen and oxygen atoms in total. The van der Waals surface area contributed by atoms with Crippen molar-refractivity contribution in [3.63, 3.8) is 0 Å². The van der Waals surface area contributed by atoms with Gasteiger partial charge in [0.2, 0.25) is 0 Å². The van der Waals surface area contributed by atoms with Crippen molar-refractivity contribution in [3.05, 3.63) is 0 Å². The SMILES string of the molecule is CCCCCCCCCCN1CCC(NC)CC1. The molecule has 0 aliphatic carbocycles. The summed E-state index contributed by atoms with van der Waals surface area (Å²) < 4.78 is 0. The highest BCUT2D eigenvalue weighted by atomic mass is 15.1. The maximum atomic E-state index is 3.40. The lowest BCUT2D eigenvalue weighted by molar-refractivity contribution is 0.198. The van der Waals surface area contributed by atoms with E-state index in [4.69, 9.17) is 0 Å². The van der Waals surface area contributed by atoms with E-state index in [-0.39, 0.29) is 0 Å². The van der Waals surface area contributed by atoms with E-state index in [1.165, 1.54) is 83.8 Å². The molecule has 1 aliphatic rings. The van der Waals surface area contributed by atoms with Crippen LogP contribution in [0.5, 0.6) is 0 Å². The Kier molecular flexibility index (Phi) is 9.59. The largest absolute Gasteiger partial charge is 0.317 e. The number of piperidine rings is 1. The smallest absolute Gasteiger partial charge is 0.00884 e. The first kappa shape index (κ1) is 16.0. The Labute approximate surface area is 115 Å². The molecular weight excluding hydrogens is 220 g/mol. The topological polar surface area (TPSA) is 15.3 Å². The molecule has 1 fully saturated rings. The third kappa shape index (κ3) is 7.38. The summed E-state index contributed by atoms with van der Waals surface area (Å²) >= 11 is 0. The lowest BCUT2D eigenvalue weighted by Crippen LogP contribution is -2.41. The van der Waals surface area contributed by atoms with Gasteiger partial charge in [-0.15, -0.1) is 0 Å². The van der Waals surface area contributed by atoms with Crippen LogP contribution >= 0.6 is 0 Å². The molecule has 0 aromatic rings. The van der Waals surface area contributed by atoms with Gasteiger partial charge in [-0.3, -0.25) is 0 Å². The predicted molar refractivity (Wildman–Crippen MR) is 81.1 cm³/mol. The van der Waals surface area contributed by atoms with Crippen molar-refractivity contribution in [2.45, 2.75) is 77.2 Å². The summed E-state index contributed by atoms with van der Waals surface area (Å²) in [5, 5.41) is 3.40. The normalized spacial score (nSPS) is 18.3. The fourth-order valence-electron chi connectivity index (χ4n) is 2.91. The van der Waals surface area contributed by atoms with Gasteiger partial charge >= 0.3 is 0 Å². The van der Waals surface area contributed by atoms with E-state index in [0.29, 0.717) is 0 Å². The standard InChI is InChI=1S/C16H34N2/c1-3-4-5-6-7-8-9-10-13-18-14-11-16(17-2)12-15-18/h16-17H,3-15H2,1-2H3. The zero-order chi connectivity index (χ0) is 13.1. The Hall–Kier alpha value is -0.0800. The number of nitrogens with zero attached hydrogens (tertiary/aromatic N) is 1. The summed E-state index contributed by atoms with van der Waals surface area (Å²) in [7, 11) is 2.10. The van der Waals surface area contributed by atoms with Crippen LogP contribution in [-0.2, 0) is 0 Å². The van der Waals surface area contributed by atoms with Gasteiger partial charge in [0.05, 0.1) is 0 Å². The average Bonchev–Trinajstić information content (AvgIpc) is 2.42. The molecule has 0 radical (unpaired) electrons. The molecule has 0 aromatic heterocycles. The van der Waals surface area contributed by atoms with Gasteiger partial charge in [0.25, 0.3) is 0 Å². The first-order valence-corrected chi connectivity index (χ1v) is 8.26. The van der Waals surface area contributed by atoms with Crippen molar-refractivity contribution in [2.75, 3.05) is 26.7 Å². The molecule has 2 heteroatoms. The molecule has 0 saturated carbocycles. The number of hydrogen-bond acceptors (Lipinski definition) is 2. The van der Waals surface area contributed by atoms with E-state index in [9.17, 15) is 0 Å². The molecule has 0 spiro atoms. The van der Waals surface area contributed by atoms with Gasteiger partial charge in [0.1, 0.15) is 0 Å². The number of likely N-dealkylation sites (tertiary alicyclic amines) is 1. The minimum atomic E-state index is 0.778. The van der Waals surface area contributed by atoms with Gasteiger partial charge in [-0.25, -0.2) is 0 Å². The van der Waals surface area contributed by atoms with E-state index >= 15 is 0 Å². The molecule has 0 aromatic carbocycles. The van der Waals surface area contributed by atoms with Crippen LogP contribution in [0.25, 0.3) is 0 Å². The third-order valence-corrected chi connectivity index (χ3v) is 4.32. The summed E-state index contributed by atoms with van der Waals surface area (Å²) in [6, 6.07) is 0.778. The minimum Gasteiger partial charge on any atom is -0.317 e. The van der Waals surface area contributed by atoms with Gasteiger partial charge in [0, 0.05) is 6.04 Å². The van der Waals surface area contributed by atoms with Crippen LogP contribution in [0.4, 0.5) is 0 Å². The first-order chi connectivity index (χ1) is 8.86. The molecule has 0 atom stereocenters. The van der Waals surface area contributed by atoms with Crippen LogP contribution in [0.3, 0.4) is 0 Å². The van der Waals surface area contributed by atoms with Crippen molar-refractivity contribution in [1.29, 1.82) is 0 Å². The first-order valence-electron chi connectivity index (χ1n) is 8.26. The van der Waals surface area contributed by atoms with Gasteiger partial charge in [-0.05, 0) is 45.9 Å². The zero-order valence-corrected chi connectivity index (χ0v) is 12.7. The van der Waals surface area contributed by atoms with E-state index < -0.39 is 0 Å². The van der Waals surface area contributed by atoms with E-state index in [1.54, 1.807) is 0 Å². The fourth-order valence-corrected chi connectivity index (χ4v) is 2.91. The van der Waals surface area contributed by atoms with Crippen molar-refractivity contribution < 1.29 is 0 Å². The molecule has 1 saturated heterocycles. The van der Waals surface area contributed by atoms with Gasteiger partial charge < -0.3 is 10.2 Å². The molecule has 0 amide bonds. The Morgan fingerprint density at radius 1 is 0.889 bits per heavy atom. The number of nitrogens with one attached hydrogen (secondary N) is 1. The Bertz CT molecular complexity index is 174. The third-order valence-electron chi connectivity index (χ3n) is 4.32. The summed E-state index contributed by atoms with van der Waals surface area (Å²) in [5.41, 5.74) is 0. The summed E-state index contributed by atoms with van der Waals surface area (Å²) in [5.74, 6) is 0. The minimum absolute atomic E-state index is 0.778. The molecule has 18 heavy (non-hydrogen) atoms. The second kappa shape index (κ2) is 10.8. The lowest BCUT2D eigenvalue weighted by Gasteiger charge is -2.31. The van der Waals surface area contributed by atoms with Crippen LogP contribution in [-0.4, -0.2) is 37.6 Å². The van der Waals surface area contributed by atoms with Crippen LogP contribution in [0.15, 0.2) is 0 Å². The molecule has 1 N–H and O–H groups in total. The van der Waals surface area contributed by atoms with Crippen LogP contribution in [0.2, 0.25) is 0 Å². The van der Waals surface area contributed by atoms with Gasteiger partial charge in [-0.2, -0.15) is 0 Å². The van der Waals surface area contributed by atoms with Gasteiger partial charge in [0.15, 0.2) is 0 Å². The summed E-state index contributed by atoms with van der Waals surface area (Å²) in [4.78, 5) is 2.66. The van der Waals surface area contributed by atoms with Crippen molar-refractivity contribution in [2.24, 2.45) is 0 Å². The maximum absolute atomic E-state index is 3.40. The van der Waals surface area contributed by atoms with E-state index in [0.717, 1.165) is 6.04 Å². The number of unbranched alkanes of at least 4 members (excludes halogenated alkanes) is 7. The Balaban J connectivity index is 1.84. The molecule has 1 heterocycles. The van der Waals surface area contributed by atoms with Crippen molar-refractivity contribution >= 4 is 0 Å². The quantitative estimate of drug-likeness (QED) is 0.596. The number of hydrogen-bond donors (Lipinski definition) is 1. The summed E-state index contributed by atoms with van der Waals surface area (Å²) in [6.45, 7) is 6.24. The van der Waals surface area contributed by atoms with E-state index in [2.05, 4.69) is 24.2 Å². The molecule has 1 aliphatic heterocycles. The average molecular weight is 254 g/mol. The van der Waals surface area contributed by atoms with Crippen LogP contribution in [0, 0.1) is 0 Å². The second-order valence-electron chi connectivity index (χ2n) is 5.88. The van der Waals surface area contributed by atoms with Gasteiger partial charge in [-0.1, -0.05) is 51.9 Å². The molecule has 108 valence electrons. The van der Waals surface area contributed by atoms with Crippen LogP contribution < -0.4 is 5.32 Å². The van der Waals surface area contributed by atoms with Crippen molar-refractivity contribution in [1.82, 2.24) is 10.2 Å². The Morgan fingerprint density at radius 2 is 1.44 bits per heavy atom. The Morgan fingerprint density at radius 3 is 2.00 bits per heavy atom. The van der Waals surface area contributed by atoms with Crippen molar-refractivity contribution in [3.8, 4) is 0 Å². The van der Waals surface area contributed by atoms with Crippen LogP contribution in [0.1, 0.15) is 71.1 Å². The summed E-state index contributed by atoms with van der Waals surface area (Å²) in [6.07, 6.45) is 14.2. The number of rotatable bonds is 10. The van der Waals surface area contributed by atoms with E-state index in [1.807, 2.05) is 0 Å². The highest BCUT2D eigenvalue weighted by Gasteiger charge is 2.16.